The molecule has 1 aromatic carbocycles. The number of aromatic nitrogens is 2. The Hall–Kier alpha value is -1.97. The molecule has 4 heteroatoms. The highest BCUT2D eigenvalue weighted by Crippen LogP contribution is 2.28. The summed E-state index contributed by atoms with van der Waals surface area (Å²) in [7, 11) is 1.78. The summed E-state index contributed by atoms with van der Waals surface area (Å²) < 4.78 is 1.58. The van der Waals surface area contributed by atoms with E-state index in [2.05, 4.69) is 5.10 Å². The number of nitrogen functional groups attached to an aromatic ring is 2. The number of hydrogen-bond acceptors (Lipinski definition) is 3. The number of anilines is 2. The van der Waals surface area contributed by atoms with Crippen molar-refractivity contribution < 1.29 is 0 Å². The Morgan fingerprint density at radius 2 is 1.79 bits per heavy atom. The molecule has 2 rings (SSSR count). The average Bonchev–Trinajstić information content (AvgIpc) is 2.47. The molecule has 0 radical (unpaired) electrons. The molecule has 0 bridgehead atoms. The fraction of sp³-hybridized carbons (Fsp3) is 0.100. The van der Waals surface area contributed by atoms with Crippen molar-refractivity contribution in [2.75, 3.05) is 11.5 Å². The molecular weight excluding hydrogens is 176 g/mol. The minimum atomic E-state index is 0.504. The largest absolute Gasteiger partial charge is 0.394 e. The van der Waals surface area contributed by atoms with Crippen LogP contribution < -0.4 is 11.5 Å². The van der Waals surface area contributed by atoms with Crippen LogP contribution in [0.3, 0.4) is 0 Å². The van der Waals surface area contributed by atoms with E-state index in [0.29, 0.717) is 11.5 Å². The van der Waals surface area contributed by atoms with E-state index in [1.54, 1.807) is 11.7 Å². The van der Waals surface area contributed by atoms with Gasteiger partial charge in [0.15, 0.2) is 0 Å². The lowest BCUT2D eigenvalue weighted by Gasteiger charge is -1.96. The third-order valence-corrected chi connectivity index (χ3v) is 2.18. The molecule has 0 fully saturated rings. The van der Waals surface area contributed by atoms with Crippen LogP contribution in [0.25, 0.3) is 11.3 Å². The minimum Gasteiger partial charge on any atom is -0.394 e. The summed E-state index contributed by atoms with van der Waals surface area (Å²) in [6.45, 7) is 0. The van der Waals surface area contributed by atoms with Crippen molar-refractivity contribution in [2.45, 2.75) is 0 Å². The number of benzene rings is 1. The van der Waals surface area contributed by atoms with Crippen molar-refractivity contribution >= 4 is 11.5 Å². The van der Waals surface area contributed by atoms with Crippen LogP contribution in [-0.2, 0) is 7.05 Å². The molecule has 0 amide bonds. The zero-order valence-electron chi connectivity index (χ0n) is 7.94. The molecule has 0 saturated heterocycles. The van der Waals surface area contributed by atoms with E-state index < -0.39 is 0 Å². The lowest BCUT2D eigenvalue weighted by Crippen LogP contribution is -1.98. The van der Waals surface area contributed by atoms with Crippen molar-refractivity contribution in [3.8, 4) is 11.3 Å². The molecule has 2 aromatic rings. The second kappa shape index (κ2) is 3.06. The van der Waals surface area contributed by atoms with Crippen LogP contribution in [0.5, 0.6) is 0 Å². The topological polar surface area (TPSA) is 69.9 Å². The zero-order chi connectivity index (χ0) is 10.1. The Bertz CT molecular complexity index is 445. The van der Waals surface area contributed by atoms with Gasteiger partial charge < -0.3 is 11.5 Å². The second-order valence-corrected chi connectivity index (χ2v) is 3.14. The maximum absolute atomic E-state index is 5.83. The van der Waals surface area contributed by atoms with E-state index in [9.17, 15) is 0 Å². The van der Waals surface area contributed by atoms with E-state index in [0.717, 1.165) is 11.3 Å². The first kappa shape index (κ1) is 8.62. The van der Waals surface area contributed by atoms with Crippen LogP contribution in [-0.4, -0.2) is 9.78 Å². The average molecular weight is 188 g/mol. The predicted octanol–water partition coefficient (Wildman–Crippen LogP) is 1.25. The van der Waals surface area contributed by atoms with Gasteiger partial charge in [-0.25, -0.2) is 0 Å². The fourth-order valence-electron chi connectivity index (χ4n) is 1.36. The molecule has 4 nitrogen and oxygen atoms in total. The lowest BCUT2D eigenvalue weighted by molar-refractivity contribution is 0.782. The fourth-order valence-corrected chi connectivity index (χ4v) is 1.36. The van der Waals surface area contributed by atoms with E-state index in [4.69, 9.17) is 11.5 Å². The number of rotatable bonds is 1. The SMILES string of the molecule is Cn1nc(-c2ccccc2)c(N)c1N. The summed E-state index contributed by atoms with van der Waals surface area (Å²) in [5.74, 6) is 0.504. The number of nitrogens with two attached hydrogens (primary N) is 2. The van der Waals surface area contributed by atoms with Gasteiger partial charge in [-0.05, 0) is 0 Å². The van der Waals surface area contributed by atoms with E-state index >= 15 is 0 Å². The van der Waals surface area contributed by atoms with Crippen molar-refractivity contribution in [3.63, 3.8) is 0 Å². The van der Waals surface area contributed by atoms with Gasteiger partial charge in [0.2, 0.25) is 0 Å². The summed E-state index contributed by atoms with van der Waals surface area (Å²) in [6.07, 6.45) is 0. The normalized spacial score (nSPS) is 10.4. The van der Waals surface area contributed by atoms with Crippen molar-refractivity contribution in [3.05, 3.63) is 30.3 Å². The molecule has 4 N–H and O–H groups in total. The van der Waals surface area contributed by atoms with E-state index in [1.807, 2.05) is 30.3 Å². The minimum absolute atomic E-state index is 0.504. The van der Waals surface area contributed by atoms with Crippen LogP contribution in [0.2, 0.25) is 0 Å². The molecule has 14 heavy (non-hydrogen) atoms. The van der Waals surface area contributed by atoms with Gasteiger partial charge in [-0.3, -0.25) is 4.68 Å². The van der Waals surface area contributed by atoms with Gasteiger partial charge in [-0.2, -0.15) is 5.10 Å². The maximum Gasteiger partial charge on any atom is 0.145 e. The summed E-state index contributed by atoms with van der Waals surface area (Å²) in [4.78, 5) is 0. The Balaban J connectivity index is 2.58. The van der Waals surface area contributed by atoms with Crippen LogP contribution in [0.15, 0.2) is 30.3 Å². The Morgan fingerprint density at radius 1 is 1.14 bits per heavy atom. The molecule has 1 aromatic heterocycles. The third-order valence-electron chi connectivity index (χ3n) is 2.18. The van der Waals surface area contributed by atoms with Gasteiger partial charge in [0.1, 0.15) is 17.2 Å². The quantitative estimate of drug-likeness (QED) is 0.707. The highest BCUT2D eigenvalue weighted by molar-refractivity contribution is 5.80. The molecule has 0 aliphatic heterocycles. The highest BCUT2D eigenvalue weighted by atomic mass is 15.3. The first-order chi connectivity index (χ1) is 6.70. The van der Waals surface area contributed by atoms with E-state index in [1.165, 1.54) is 0 Å². The summed E-state index contributed by atoms with van der Waals surface area (Å²) in [5.41, 5.74) is 13.8. The van der Waals surface area contributed by atoms with Crippen LogP contribution in [0, 0.1) is 0 Å². The smallest absolute Gasteiger partial charge is 0.145 e. The van der Waals surface area contributed by atoms with Gasteiger partial charge in [-0.15, -0.1) is 0 Å². The Kier molecular flexibility index (Phi) is 1.89. The molecular formula is C10H12N4. The van der Waals surface area contributed by atoms with Crippen molar-refractivity contribution in [1.82, 2.24) is 9.78 Å². The van der Waals surface area contributed by atoms with Crippen LogP contribution >= 0.6 is 0 Å². The highest BCUT2D eigenvalue weighted by Gasteiger charge is 2.11. The first-order valence-corrected chi connectivity index (χ1v) is 4.33. The molecule has 0 spiro atoms. The molecule has 72 valence electrons. The number of nitrogens with zero attached hydrogens (tertiary/aromatic N) is 2. The monoisotopic (exact) mass is 188 g/mol. The summed E-state index contributed by atoms with van der Waals surface area (Å²) in [5, 5.41) is 4.25. The molecule has 1 heterocycles. The van der Waals surface area contributed by atoms with Gasteiger partial charge in [-0.1, -0.05) is 30.3 Å². The molecule has 0 aliphatic carbocycles. The Morgan fingerprint density at radius 3 is 2.29 bits per heavy atom. The van der Waals surface area contributed by atoms with Crippen molar-refractivity contribution in [1.29, 1.82) is 0 Å². The van der Waals surface area contributed by atoms with E-state index in [-0.39, 0.29) is 0 Å². The molecule has 0 atom stereocenters. The van der Waals surface area contributed by atoms with Crippen LogP contribution in [0.1, 0.15) is 0 Å². The Labute approximate surface area is 82.1 Å². The zero-order valence-corrected chi connectivity index (χ0v) is 7.94. The van der Waals surface area contributed by atoms with Gasteiger partial charge >= 0.3 is 0 Å². The van der Waals surface area contributed by atoms with Crippen molar-refractivity contribution in [2.24, 2.45) is 7.05 Å². The second-order valence-electron chi connectivity index (χ2n) is 3.14. The lowest BCUT2D eigenvalue weighted by atomic mass is 10.1. The van der Waals surface area contributed by atoms with Gasteiger partial charge in [0, 0.05) is 12.6 Å². The maximum atomic E-state index is 5.83. The number of hydrogen-bond donors (Lipinski definition) is 2. The molecule has 0 aliphatic rings. The number of aryl methyl sites for hydroxylation is 1. The standard InChI is InChI=1S/C10H12N4/c1-14-10(12)8(11)9(13-14)7-5-3-2-4-6-7/h2-6H,11-12H2,1H3. The van der Waals surface area contributed by atoms with Crippen LogP contribution in [0.4, 0.5) is 11.5 Å². The van der Waals surface area contributed by atoms with Gasteiger partial charge in [0.25, 0.3) is 0 Å². The molecule has 0 saturated carbocycles. The first-order valence-electron chi connectivity index (χ1n) is 4.33. The third kappa shape index (κ3) is 1.21. The van der Waals surface area contributed by atoms with Gasteiger partial charge in [0.05, 0.1) is 0 Å². The predicted molar refractivity (Wildman–Crippen MR) is 57.5 cm³/mol. The summed E-state index contributed by atoms with van der Waals surface area (Å²) in [6, 6.07) is 9.75. The molecule has 0 unspecified atom stereocenters. The summed E-state index contributed by atoms with van der Waals surface area (Å²) >= 11 is 0.